The number of aromatic nitrogens is 1. The highest BCUT2D eigenvalue weighted by Crippen LogP contribution is 2.28. The second kappa shape index (κ2) is 7.94. The van der Waals surface area contributed by atoms with Crippen LogP contribution in [-0.4, -0.2) is 33.9 Å². The van der Waals surface area contributed by atoms with Gasteiger partial charge < -0.3 is 9.26 Å². The minimum atomic E-state index is -1.03. The fourth-order valence-electron chi connectivity index (χ4n) is 3.48. The second-order valence-corrected chi connectivity index (χ2v) is 7.37. The number of fused-ring (bicyclic) bond motifs is 1. The first-order valence-corrected chi connectivity index (χ1v) is 9.62. The van der Waals surface area contributed by atoms with Gasteiger partial charge >= 0.3 is 5.97 Å². The molecule has 0 saturated heterocycles. The van der Waals surface area contributed by atoms with Gasteiger partial charge in [0.15, 0.2) is 5.76 Å². The van der Waals surface area contributed by atoms with Crippen LogP contribution in [-0.2, 0) is 16.1 Å². The third-order valence-corrected chi connectivity index (χ3v) is 4.96. The molecule has 152 valence electrons. The summed E-state index contributed by atoms with van der Waals surface area (Å²) in [6.07, 6.45) is 0. The quantitative estimate of drug-likeness (QED) is 0.460. The molecule has 30 heavy (non-hydrogen) atoms. The first-order chi connectivity index (χ1) is 14.5. The molecule has 0 unspecified atom stereocenters. The highest BCUT2D eigenvalue weighted by atomic mass is 16.5. The molecule has 0 radical (unpaired) electrons. The van der Waals surface area contributed by atoms with E-state index in [2.05, 4.69) is 5.16 Å². The van der Waals surface area contributed by atoms with Crippen LogP contribution in [0.5, 0.6) is 0 Å². The van der Waals surface area contributed by atoms with Crippen molar-refractivity contribution in [2.75, 3.05) is 0 Å². The molecule has 1 aliphatic rings. The van der Waals surface area contributed by atoms with Crippen molar-refractivity contribution in [1.82, 2.24) is 10.1 Å². The Morgan fingerprint density at radius 1 is 1.00 bits per heavy atom. The SMILES string of the molecule is CC(C)[C@@H](C(=O)OCc1cc(-c2ccccc2)on1)N1C(=O)c2ccccc2C1=O. The van der Waals surface area contributed by atoms with Crippen molar-refractivity contribution in [1.29, 1.82) is 0 Å². The lowest BCUT2D eigenvalue weighted by Gasteiger charge is -2.27. The Morgan fingerprint density at radius 2 is 1.60 bits per heavy atom. The van der Waals surface area contributed by atoms with Crippen LogP contribution in [0.1, 0.15) is 40.3 Å². The molecule has 0 saturated carbocycles. The van der Waals surface area contributed by atoms with Crippen LogP contribution in [0.4, 0.5) is 0 Å². The zero-order valence-electron chi connectivity index (χ0n) is 16.6. The molecule has 0 fully saturated rings. The maximum atomic E-state index is 12.8. The lowest BCUT2D eigenvalue weighted by molar-refractivity contribution is -0.151. The van der Waals surface area contributed by atoms with Gasteiger partial charge in [-0.05, 0) is 18.1 Å². The van der Waals surface area contributed by atoms with E-state index in [4.69, 9.17) is 9.26 Å². The van der Waals surface area contributed by atoms with Gasteiger partial charge in [-0.15, -0.1) is 0 Å². The fraction of sp³-hybridized carbons (Fsp3) is 0.217. The topological polar surface area (TPSA) is 89.7 Å². The molecule has 1 atom stereocenters. The normalized spacial score (nSPS) is 14.2. The van der Waals surface area contributed by atoms with E-state index in [-0.39, 0.29) is 12.5 Å². The molecule has 1 aliphatic heterocycles. The molecule has 0 aliphatic carbocycles. The smallest absolute Gasteiger partial charge is 0.330 e. The largest absolute Gasteiger partial charge is 0.457 e. The minimum absolute atomic E-state index is 0.123. The summed E-state index contributed by atoms with van der Waals surface area (Å²) in [6, 6.07) is 16.6. The van der Waals surface area contributed by atoms with E-state index in [0.717, 1.165) is 10.5 Å². The molecule has 0 bridgehead atoms. The van der Waals surface area contributed by atoms with Crippen LogP contribution < -0.4 is 0 Å². The number of carbonyl (C=O) groups is 3. The van der Waals surface area contributed by atoms with Crippen molar-refractivity contribution < 1.29 is 23.6 Å². The minimum Gasteiger partial charge on any atom is -0.457 e. The van der Waals surface area contributed by atoms with E-state index in [1.165, 1.54) is 0 Å². The number of imide groups is 1. The first kappa shape index (κ1) is 19.6. The van der Waals surface area contributed by atoms with Gasteiger partial charge in [-0.3, -0.25) is 14.5 Å². The number of amides is 2. The summed E-state index contributed by atoms with van der Waals surface area (Å²) in [4.78, 5) is 39.4. The molecule has 1 aromatic heterocycles. The molecule has 2 amide bonds. The molecular formula is C23H20N2O5. The van der Waals surface area contributed by atoms with E-state index in [9.17, 15) is 14.4 Å². The maximum absolute atomic E-state index is 12.8. The molecule has 2 aromatic carbocycles. The average Bonchev–Trinajstić information content (AvgIpc) is 3.32. The Hall–Kier alpha value is -3.74. The predicted octanol–water partition coefficient (Wildman–Crippen LogP) is 3.71. The number of benzene rings is 2. The summed E-state index contributed by atoms with van der Waals surface area (Å²) in [6.45, 7) is 3.40. The average molecular weight is 404 g/mol. The van der Waals surface area contributed by atoms with E-state index in [0.29, 0.717) is 22.6 Å². The van der Waals surface area contributed by atoms with Gasteiger partial charge in [-0.2, -0.15) is 0 Å². The Morgan fingerprint density at radius 3 is 2.20 bits per heavy atom. The Labute approximate surface area is 173 Å². The van der Waals surface area contributed by atoms with Gasteiger partial charge in [0.1, 0.15) is 18.3 Å². The zero-order chi connectivity index (χ0) is 21.3. The van der Waals surface area contributed by atoms with Crippen LogP contribution >= 0.6 is 0 Å². The van der Waals surface area contributed by atoms with E-state index >= 15 is 0 Å². The molecule has 7 nitrogen and oxygen atoms in total. The van der Waals surface area contributed by atoms with Crippen LogP contribution in [0.3, 0.4) is 0 Å². The Balaban J connectivity index is 1.49. The number of esters is 1. The van der Waals surface area contributed by atoms with Gasteiger partial charge in [-0.1, -0.05) is 61.5 Å². The molecular weight excluding hydrogens is 384 g/mol. The maximum Gasteiger partial charge on any atom is 0.330 e. The van der Waals surface area contributed by atoms with Crippen molar-refractivity contribution in [2.45, 2.75) is 26.5 Å². The molecule has 2 heterocycles. The van der Waals surface area contributed by atoms with E-state index < -0.39 is 23.8 Å². The molecule has 4 rings (SSSR count). The van der Waals surface area contributed by atoms with Crippen molar-refractivity contribution in [3.8, 4) is 11.3 Å². The molecule has 0 spiro atoms. The number of nitrogens with zero attached hydrogens (tertiary/aromatic N) is 2. The van der Waals surface area contributed by atoms with E-state index in [1.54, 1.807) is 44.2 Å². The third kappa shape index (κ3) is 3.50. The monoisotopic (exact) mass is 404 g/mol. The van der Waals surface area contributed by atoms with Crippen molar-refractivity contribution in [2.24, 2.45) is 5.92 Å². The number of ether oxygens (including phenoxy) is 1. The fourth-order valence-corrected chi connectivity index (χ4v) is 3.48. The van der Waals surface area contributed by atoms with Gasteiger partial charge in [0.2, 0.25) is 0 Å². The van der Waals surface area contributed by atoms with Gasteiger partial charge in [0.05, 0.1) is 11.1 Å². The molecule has 0 N–H and O–H groups in total. The Bertz CT molecular complexity index is 1070. The lowest BCUT2D eigenvalue weighted by atomic mass is 10.0. The lowest BCUT2D eigenvalue weighted by Crippen LogP contribution is -2.48. The second-order valence-electron chi connectivity index (χ2n) is 7.37. The van der Waals surface area contributed by atoms with Gasteiger partial charge in [0.25, 0.3) is 11.8 Å². The number of carbonyl (C=O) groups excluding carboxylic acids is 3. The van der Waals surface area contributed by atoms with Crippen molar-refractivity contribution in [3.63, 3.8) is 0 Å². The third-order valence-electron chi connectivity index (χ3n) is 4.96. The summed E-state index contributed by atoms with van der Waals surface area (Å²) in [5.74, 6) is -1.40. The predicted molar refractivity (Wildman–Crippen MR) is 107 cm³/mol. The summed E-state index contributed by atoms with van der Waals surface area (Å²) in [7, 11) is 0. The highest BCUT2D eigenvalue weighted by molar-refractivity contribution is 6.22. The van der Waals surface area contributed by atoms with E-state index in [1.807, 2.05) is 30.3 Å². The van der Waals surface area contributed by atoms with Crippen LogP contribution in [0, 0.1) is 5.92 Å². The van der Waals surface area contributed by atoms with Crippen LogP contribution in [0.2, 0.25) is 0 Å². The summed E-state index contributed by atoms with van der Waals surface area (Å²) in [5, 5.41) is 3.93. The highest BCUT2D eigenvalue weighted by Gasteiger charge is 2.44. The number of rotatable bonds is 6. The Kier molecular flexibility index (Phi) is 5.18. The zero-order valence-corrected chi connectivity index (χ0v) is 16.6. The standard InChI is InChI=1S/C23H20N2O5/c1-14(2)20(25-21(26)17-10-6-7-11-18(17)22(25)27)23(28)29-13-16-12-19(30-24-16)15-8-4-3-5-9-15/h3-12,14,20H,13H2,1-2H3/t20-/m0/s1. The van der Waals surface area contributed by atoms with Gasteiger partial charge in [-0.25, -0.2) is 4.79 Å². The number of hydrogen-bond acceptors (Lipinski definition) is 6. The summed E-state index contributed by atoms with van der Waals surface area (Å²) in [5.41, 5.74) is 1.88. The summed E-state index contributed by atoms with van der Waals surface area (Å²) >= 11 is 0. The molecule has 3 aromatic rings. The summed E-state index contributed by atoms with van der Waals surface area (Å²) < 4.78 is 10.7. The van der Waals surface area contributed by atoms with Gasteiger partial charge in [0, 0.05) is 11.6 Å². The molecule has 7 heteroatoms. The van der Waals surface area contributed by atoms with Crippen molar-refractivity contribution in [3.05, 3.63) is 77.5 Å². The van der Waals surface area contributed by atoms with Crippen LogP contribution in [0.25, 0.3) is 11.3 Å². The first-order valence-electron chi connectivity index (χ1n) is 9.62. The van der Waals surface area contributed by atoms with Crippen LogP contribution in [0.15, 0.2) is 65.2 Å². The number of hydrogen-bond donors (Lipinski definition) is 0. The van der Waals surface area contributed by atoms with Crippen molar-refractivity contribution >= 4 is 17.8 Å².